The van der Waals surface area contributed by atoms with Crippen molar-refractivity contribution in [1.82, 2.24) is 8.87 Å². The van der Waals surface area contributed by atoms with Crippen LogP contribution in [-0.4, -0.2) is 42.6 Å². The molecule has 2 N–H and O–H groups in total. The smallest absolute Gasteiger partial charge is 0.265 e. The minimum absolute atomic E-state index is 0.0281. The Balaban J connectivity index is 2.32. The summed E-state index contributed by atoms with van der Waals surface area (Å²) < 4.78 is 27.6. The lowest BCUT2D eigenvalue weighted by Gasteiger charge is -2.28. The molecule has 1 unspecified atom stereocenters. The number of amides is 1. The Hall–Kier alpha value is -1.67. The van der Waals surface area contributed by atoms with Gasteiger partial charge < -0.3 is 15.1 Å². The molecule has 1 aromatic heterocycles. The molecule has 110 valence electrons. The summed E-state index contributed by atoms with van der Waals surface area (Å²) in [5.74, 6) is -0.948. The van der Waals surface area contributed by atoms with E-state index < -0.39 is 15.9 Å². The third-order valence-electron chi connectivity index (χ3n) is 3.48. The molecule has 7 nitrogen and oxygen atoms in total. The quantitative estimate of drug-likeness (QED) is 0.772. The largest absolute Gasteiger partial charge is 0.364 e. The van der Waals surface area contributed by atoms with Gasteiger partial charge in [0.05, 0.1) is 0 Å². The van der Waals surface area contributed by atoms with E-state index in [1.165, 1.54) is 21.1 Å². The van der Waals surface area contributed by atoms with Crippen molar-refractivity contribution in [2.24, 2.45) is 18.7 Å². The molecule has 1 aliphatic rings. The summed E-state index contributed by atoms with van der Waals surface area (Å²) in [6.45, 7) is 0.570. The number of rotatable bonds is 4. The van der Waals surface area contributed by atoms with Crippen molar-refractivity contribution < 1.29 is 18.0 Å². The number of aromatic nitrogens is 1. The molecule has 0 aliphatic carbocycles. The first-order valence-corrected chi connectivity index (χ1v) is 7.72. The van der Waals surface area contributed by atoms with Crippen molar-refractivity contribution in [3.8, 4) is 0 Å². The van der Waals surface area contributed by atoms with E-state index in [9.17, 15) is 18.0 Å². The van der Waals surface area contributed by atoms with Crippen LogP contribution in [0, 0.1) is 5.92 Å². The highest BCUT2D eigenvalue weighted by Gasteiger charge is 2.31. The Kier molecular flexibility index (Phi) is 3.96. The second kappa shape index (κ2) is 5.37. The van der Waals surface area contributed by atoms with E-state index in [2.05, 4.69) is 0 Å². The summed E-state index contributed by atoms with van der Waals surface area (Å²) in [6, 6.07) is 1.27. The van der Waals surface area contributed by atoms with Crippen LogP contribution in [0.3, 0.4) is 0 Å². The lowest BCUT2D eigenvalue weighted by atomic mass is 10.0. The second-order valence-electron chi connectivity index (χ2n) is 4.94. The molecule has 8 heteroatoms. The van der Waals surface area contributed by atoms with Crippen LogP contribution >= 0.6 is 0 Å². The van der Waals surface area contributed by atoms with E-state index in [1.807, 2.05) is 0 Å². The molecule has 0 saturated carbocycles. The number of aldehydes is 1. The molecule has 2 heterocycles. The molecule has 2 rings (SSSR count). The fourth-order valence-corrected chi connectivity index (χ4v) is 3.98. The molecule has 1 amide bonds. The summed E-state index contributed by atoms with van der Waals surface area (Å²) in [6.07, 6.45) is 3.51. The summed E-state index contributed by atoms with van der Waals surface area (Å²) in [5.41, 5.74) is 5.31. The Bertz CT molecular complexity index is 635. The van der Waals surface area contributed by atoms with Crippen molar-refractivity contribution in [1.29, 1.82) is 0 Å². The first kappa shape index (κ1) is 14.7. The van der Waals surface area contributed by atoms with Gasteiger partial charge in [0.15, 0.2) is 0 Å². The average Bonchev–Trinajstić information content (AvgIpc) is 2.82. The Labute approximate surface area is 117 Å². The van der Waals surface area contributed by atoms with Gasteiger partial charge in [-0.25, -0.2) is 8.42 Å². The summed E-state index contributed by atoms with van der Waals surface area (Å²) in [7, 11) is -2.14. The van der Waals surface area contributed by atoms with E-state index in [4.69, 9.17) is 5.73 Å². The van der Waals surface area contributed by atoms with Gasteiger partial charge in [-0.1, -0.05) is 0 Å². The van der Waals surface area contributed by atoms with Gasteiger partial charge in [0, 0.05) is 32.3 Å². The Morgan fingerprint density at radius 1 is 1.50 bits per heavy atom. The van der Waals surface area contributed by atoms with Crippen molar-refractivity contribution in [3.05, 3.63) is 18.0 Å². The van der Waals surface area contributed by atoms with Crippen molar-refractivity contribution in [2.75, 3.05) is 13.1 Å². The lowest BCUT2D eigenvalue weighted by molar-refractivity contribution is -0.112. The molecule has 1 atom stereocenters. The first-order valence-electron chi connectivity index (χ1n) is 6.28. The van der Waals surface area contributed by atoms with Crippen LogP contribution in [0.2, 0.25) is 0 Å². The maximum atomic E-state index is 12.5. The Morgan fingerprint density at radius 3 is 2.75 bits per heavy atom. The fourth-order valence-electron chi connectivity index (χ4n) is 2.37. The zero-order chi connectivity index (χ0) is 14.9. The lowest BCUT2D eigenvalue weighted by Crippen LogP contribution is -2.40. The molecule has 0 aromatic carbocycles. The van der Waals surface area contributed by atoms with Crippen molar-refractivity contribution in [2.45, 2.75) is 17.7 Å². The van der Waals surface area contributed by atoms with Gasteiger partial charge in [-0.2, -0.15) is 4.31 Å². The van der Waals surface area contributed by atoms with E-state index >= 15 is 0 Å². The van der Waals surface area contributed by atoms with Crippen LogP contribution in [0.5, 0.6) is 0 Å². The number of nitrogens with zero attached hydrogens (tertiary/aromatic N) is 2. The number of piperidine rings is 1. The molecule has 0 spiro atoms. The highest BCUT2D eigenvalue weighted by atomic mass is 32.2. The Morgan fingerprint density at radius 2 is 2.20 bits per heavy atom. The fraction of sp³-hybridized carbons (Fsp3) is 0.500. The summed E-state index contributed by atoms with van der Waals surface area (Å²) in [4.78, 5) is 22.0. The summed E-state index contributed by atoms with van der Waals surface area (Å²) >= 11 is 0. The van der Waals surface area contributed by atoms with Crippen LogP contribution < -0.4 is 5.73 Å². The molecular formula is C12H17N3O4S. The number of nitrogens with two attached hydrogens (primary N) is 1. The topological polar surface area (TPSA) is 102 Å². The maximum absolute atomic E-state index is 12.5. The zero-order valence-corrected chi connectivity index (χ0v) is 12.0. The van der Waals surface area contributed by atoms with Gasteiger partial charge in [-0.05, 0) is 18.9 Å². The van der Waals surface area contributed by atoms with Gasteiger partial charge in [0.2, 0.25) is 10.0 Å². The molecule has 1 aromatic rings. The third-order valence-corrected chi connectivity index (χ3v) is 5.31. The van der Waals surface area contributed by atoms with E-state index in [-0.39, 0.29) is 23.1 Å². The first-order chi connectivity index (χ1) is 9.36. The predicted octanol–water partition coefficient (Wildman–Crippen LogP) is -0.276. The molecule has 1 aliphatic heterocycles. The van der Waals surface area contributed by atoms with Gasteiger partial charge in [-0.3, -0.25) is 4.79 Å². The zero-order valence-electron chi connectivity index (χ0n) is 11.2. The number of hydrogen-bond donors (Lipinski definition) is 1. The number of aryl methyl sites for hydroxylation is 1. The van der Waals surface area contributed by atoms with Crippen LogP contribution in [0.1, 0.15) is 23.3 Å². The van der Waals surface area contributed by atoms with E-state index in [0.717, 1.165) is 6.29 Å². The SMILES string of the molecule is Cn1cc(S(=O)(=O)N2CCCC(C=O)C2)cc1C(N)=O. The van der Waals surface area contributed by atoms with E-state index in [0.29, 0.717) is 19.4 Å². The minimum Gasteiger partial charge on any atom is -0.364 e. The van der Waals surface area contributed by atoms with Crippen LogP contribution in [-0.2, 0) is 21.9 Å². The number of hydrogen-bond acceptors (Lipinski definition) is 4. The van der Waals surface area contributed by atoms with Crippen LogP contribution in [0.15, 0.2) is 17.2 Å². The minimum atomic E-state index is -3.69. The number of sulfonamides is 1. The van der Waals surface area contributed by atoms with Crippen molar-refractivity contribution in [3.63, 3.8) is 0 Å². The normalized spacial score (nSPS) is 20.8. The van der Waals surface area contributed by atoms with Crippen LogP contribution in [0.25, 0.3) is 0 Å². The molecule has 0 radical (unpaired) electrons. The molecule has 20 heavy (non-hydrogen) atoms. The van der Waals surface area contributed by atoms with Gasteiger partial charge >= 0.3 is 0 Å². The molecule has 1 fully saturated rings. The average molecular weight is 299 g/mol. The molecule has 0 bridgehead atoms. The maximum Gasteiger partial charge on any atom is 0.265 e. The van der Waals surface area contributed by atoms with Gasteiger partial charge in [-0.15, -0.1) is 0 Å². The number of carbonyl (C=O) groups is 2. The van der Waals surface area contributed by atoms with Crippen LogP contribution in [0.4, 0.5) is 0 Å². The number of carbonyl (C=O) groups excluding carboxylic acids is 2. The van der Waals surface area contributed by atoms with E-state index in [1.54, 1.807) is 7.05 Å². The third kappa shape index (κ3) is 2.61. The number of primary amides is 1. The monoisotopic (exact) mass is 299 g/mol. The second-order valence-corrected chi connectivity index (χ2v) is 6.88. The standard InChI is InChI=1S/C12H17N3O4S/c1-14-7-10(5-11(14)12(13)17)20(18,19)15-4-2-3-9(6-15)8-16/h5,7-9H,2-4,6H2,1H3,(H2,13,17). The van der Waals surface area contributed by atoms with Gasteiger partial charge in [0.1, 0.15) is 16.9 Å². The highest BCUT2D eigenvalue weighted by Crippen LogP contribution is 2.24. The molecular weight excluding hydrogens is 282 g/mol. The highest BCUT2D eigenvalue weighted by molar-refractivity contribution is 7.89. The molecule has 1 saturated heterocycles. The van der Waals surface area contributed by atoms with Gasteiger partial charge in [0.25, 0.3) is 5.91 Å². The summed E-state index contributed by atoms with van der Waals surface area (Å²) in [5, 5.41) is 0. The van der Waals surface area contributed by atoms with Crippen molar-refractivity contribution >= 4 is 22.2 Å². The predicted molar refractivity (Wildman–Crippen MR) is 71.5 cm³/mol.